The molecule has 2 aromatic rings. The number of methoxy groups -OCH3 is 1. The van der Waals surface area contributed by atoms with Gasteiger partial charge in [-0.05, 0) is 17.2 Å². The normalized spacial score (nSPS) is 10.2. The van der Waals surface area contributed by atoms with Crippen LogP contribution in [0.15, 0.2) is 54.6 Å². The topological polar surface area (TPSA) is 18.5 Å². The molecule has 0 saturated carbocycles. The maximum Gasteiger partial charge on any atom is 0.188 e. The first kappa shape index (κ1) is 11.7. The minimum absolute atomic E-state index is 0.284. The van der Waals surface area contributed by atoms with Gasteiger partial charge in [0.2, 0.25) is 0 Å². The van der Waals surface area contributed by atoms with Crippen LogP contribution in [0.2, 0.25) is 0 Å². The molecule has 2 rings (SSSR count). The molecule has 0 amide bonds. The van der Waals surface area contributed by atoms with Crippen LogP contribution < -0.4 is 4.74 Å². The summed E-state index contributed by atoms with van der Waals surface area (Å²) < 4.78 is 10.5. The first-order valence-corrected chi connectivity index (χ1v) is 5.63. The van der Waals surface area contributed by atoms with Crippen LogP contribution in [0, 0.1) is 0 Å². The Morgan fingerprint density at radius 1 is 0.882 bits per heavy atom. The minimum Gasteiger partial charge on any atom is -0.467 e. The third-order valence-electron chi connectivity index (χ3n) is 2.54. The van der Waals surface area contributed by atoms with Crippen LogP contribution in [0.3, 0.4) is 0 Å². The van der Waals surface area contributed by atoms with Crippen LogP contribution in [0.25, 0.3) is 0 Å². The first-order chi connectivity index (χ1) is 8.40. The van der Waals surface area contributed by atoms with Crippen LogP contribution in [0.4, 0.5) is 0 Å². The molecule has 0 N–H and O–H groups in total. The van der Waals surface area contributed by atoms with Crippen molar-refractivity contribution in [3.63, 3.8) is 0 Å². The molecule has 88 valence electrons. The third kappa shape index (κ3) is 3.33. The third-order valence-corrected chi connectivity index (χ3v) is 2.54. The lowest BCUT2D eigenvalue weighted by Crippen LogP contribution is -2.01. The van der Waals surface area contributed by atoms with Crippen LogP contribution in [0.5, 0.6) is 5.75 Å². The Morgan fingerprint density at radius 2 is 1.59 bits per heavy atom. The number of hydrogen-bond acceptors (Lipinski definition) is 2. The number of hydrogen-bond donors (Lipinski definition) is 0. The lowest BCUT2D eigenvalue weighted by atomic mass is 10.0. The SMILES string of the molecule is COCOc1ccccc1Cc1ccccc1. The minimum atomic E-state index is 0.284. The average molecular weight is 228 g/mol. The number of para-hydroxylation sites is 1. The lowest BCUT2D eigenvalue weighted by molar-refractivity contribution is 0.0505. The van der Waals surface area contributed by atoms with Crippen molar-refractivity contribution in [1.29, 1.82) is 0 Å². The van der Waals surface area contributed by atoms with Crippen molar-refractivity contribution >= 4 is 0 Å². The van der Waals surface area contributed by atoms with E-state index in [1.165, 1.54) is 11.1 Å². The van der Waals surface area contributed by atoms with Gasteiger partial charge in [-0.15, -0.1) is 0 Å². The molecule has 0 atom stereocenters. The summed E-state index contributed by atoms with van der Waals surface area (Å²) in [6.45, 7) is 0.284. The molecule has 0 bridgehead atoms. The number of ether oxygens (including phenoxy) is 2. The second kappa shape index (κ2) is 6.06. The maximum absolute atomic E-state index is 5.54. The summed E-state index contributed by atoms with van der Waals surface area (Å²) in [6.07, 6.45) is 0.876. The zero-order valence-corrected chi connectivity index (χ0v) is 9.93. The van der Waals surface area contributed by atoms with Gasteiger partial charge in [-0.1, -0.05) is 48.5 Å². The largest absolute Gasteiger partial charge is 0.467 e. The van der Waals surface area contributed by atoms with Crippen molar-refractivity contribution in [2.24, 2.45) is 0 Å². The van der Waals surface area contributed by atoms with E-state index in [0.29, 0.717) is 0 Å². The second-order valence-electron chi connectivity index (χ2n) is 3.82. The highest BCUT2D eigenvalue weighted by Crippen LogP contribution is 2.21. The van der Waals surface area contributed by atoms with E-state index in [2.05, 4.69) is 18.2 Å². The molecular formula is C15H16O2. The van der Waals surface area contributed by atoms with E-state index in [1.807, 2.05) is 36.4 Å². The first-order valence-electron chi connectivity index (χ1n) is 5.63. The highest BCUT2D eigenvalue weighted by molar-refractivity contribution is 5.37. The predicted molar refractivity (Wildman–Crippen MR) is 68.2 cm³/mol. The van der Waals surface area contributed by atoms with Gasteiger partial charge in [0.15, 0.2) is 6.79 Å². The Labute approximate surface area is 102 Å². The molecule has 0 fully saturated rings. The molecule has 2 aromatic carbocycles. The van der Waals surface area contributed by atoms with E-state index in [4.69, 9.17) is 9.47 Å². The van der Waals surface area contributed by atoms with Crippen molar-refractivity contribution in [2.75, 3.05) is 13.9 Å². The van der Waals surface area contributed by atoms with E-state index >= 15 is 0 Å². The van der Waals surface area contributed by atoms with Crippen molar-refractivity contribution < 1.29 is 9.47 Å². The Morgan fingerprint density at radius 3 is 2.35 bits per heavy atom. The molecule has 0 saturated heterocycles. The highest BCUT2D eigenvalue weighted by Gasteiger charge is 2.03. The molecule has 0 aliphatic rings. The molecule has 2 nitrogen and oxygen atoms in total. The van der Waals surface area contributed by atoms with Gasteiger partial charge in [0.25, 0.3) is 0 Å². The second-order valence-corrected chi connectivity index (χ2v) is 3.82. The fourth-order valence-corrected chi connectivity index (χ4v) is 1.73. The Hall–Kier alpha value is -1.80. The summed E-state index contributed by atoms with van der Waals surface area (Å²) in [5, 5.41) is 0. The van der Waals surface area contributed by atoms with Crippen LogP contribution in [0.1, 0.15) is 11.1 Å². The van der Waals surface area contributed by atoms with Crippen molar-refractivity contribution in [1.82, 2.24) is 0 Å². The quantitative estimate of drug-likeness (QED) is 0.731. The Kier molecular flexibility index (Phi) is 4.17. The molecule has 0 aliphatic heterocycles. The van der Waals surface area contributed by atoms with E-state index in [0.717, 1.165) is 12.2 Å². The van der Waals surface area contributed by atoms with Crippen molar-refractivity contribution in [2.45, 2.75) is 6.42 Å². The fraction of sp³-hybridized carbons (Fsp3) is 0.200. The zero-order valence-electron chi connectivity index (χ0n) is 9.93. The van der Waals surface area contributed by atoms with Crippen LogP contribution in [-0.4, -0.2) is 13.9 Å². The van der Waals surface area contributed by atoms with Crippen LogP contribution >= 0.6 is 0 Å². The van der Waals surface area contributed by atoms with E-state index in [9.17, 15) is 0 Å². The summed E-state index contributed by atoms with van der Waals surface area (Å²) in [7, 11) is 1.62. The molecule has 0 spiro atoms. The average Bonchev–Trinajstić information content (AvgIpc) is 2.39. The standard InChI is InChI=1S/C15H16O2/c1-16-12-17-15-10-6-5-9-14(15)11-13-7-3-2-4-8-13/h2-10H,11-12H2,1H3. The highest BCUT2D eigenvalue weighted by atomic mass is 16.7. The van der Waals surface area contributed by atoms with Gasteiger partial charge < -0.3 is 9.47 Å². The van der Waals surface area contributed by atoms with Crippen molar-refractivity contribution in [3.8, 4) is 5.75 Å². The van der Waals surface area contributed by atoms with E-state index in [-0.39, 0.29) is 6.79 Å². The monoisotopic (exact) mass is 228 g/mol. The van der Waals surface area contributed by atoms with E-state index < -0.39 is 0 Å². The van der Waals surface area contributed by atoms with Gasteiger partial charge >= 0.3 is 0 Å². The Bertz CT molecular complexity index is 451. The number of rotatable bonds is 5. The molecule has 17 heavy (non-hydrogen) atoms. The van der Waals surface area contributed by atoms with Gasteiger partial charge in [0, 0.05) is 13.5 Å². The lowest BCUT2D eigenvalue weighted by Gasteiger charge is -2.10. The van der Waals surface area contributed by atoms with Gasteiger partial charge in [-0.25, -0.2) is 0 Å². The summed E-state index contributed by atoms with van der Waals surface area (Å²) in [5.41, 5.74) is 2.46. The maximum atomic E-state index is 5.54. The van der Waals surface area contributed by atoms with Gasteiger partial charge in [-0.2, -0.15) is 0 Å². The molecule has 2 heteroatoms. The molecule has 0 radical (unpaired) electrons. The van der Waals surface area contributed by atoms with Gasteiger partial charge in [-0.3, -0.25) is 0 Å². The van der Waals surface area contributed by atoms with Crippen LogP contribution in [-0.2, 0) is 11.2 Å². The fourth-order valence-electron chi connectivity index (χ4n) is 1.73. The zero-order chi connectivity index (χ0) is 11.9. The summed E-state index contributed by atoms with van der Waals surface area (Å²) >= 11 is 0. The molecular weight excluding hydrogens is 212 g/mol. The van der Waals surface area contributed by atoms with Crippen molar-refractivity contribution in [3.05, 3.63) is 65.7 Å². The summed E-state index contributed by atoms with van der Waals surface area (Å²) in [6, 6.07) is 18.4. The number of benzene rings is 2. The summed E-state index contributed by atoms with van der Waals surface area (Å²) in [4.78, 5) is 0. The smallest absolute Gasteiger partial charge is 0.188 e. The Balaban J connectivity index is 2.15. The molecule has 0 aliphatic carbocycles. The molecule has 0 aromatic heterocycles. The molecule has 0 heterocycles. The van der Waals surface area contributed by atoms with E-state index in [1.54, 1.807) is 7.11 Å². The summed E-state index contributed by atoms with van der Waals surface area (Å²) in [5.74, 6) is 0.887. The van der Waals surface area contributed by atoms with Gasteiger partial charge in [0.05, 0.1) is 0 Å². The van der Waals surface area contributed by atoms with Gasteiger partial charge in [0.1, 0.15) is 5.75 Å². The molecule has 0 unspecified atom stereocenters. The predicted octanol–water partition coefficient (Wildman–Crippen LogP) is 3.26.